The van der Waals surface area contributed by atoms with E-state index < -0.39 is 12.0 Å². The highest BCUT2D eigenvalue weighted by Crippen LogP contribution is 2.27. The molecule has 18 heavy (non-hydrogen) atoms. The maximum atomic E-state index is 11.2. The Bertz CT molecular complexity index is 409. The molecule has 1 rings (SSSR count). The molecule has 2 unspecified atom stereocenters. The van der Waals surface area contributed by atoms with Crippen molar-refractivity contribution >= 4 is 17.6 Å². The summed E-state index contributed by atoms with van der Waals surface area (Å²) in [5, 5.41) is 9.90. The van der Waals surface area contributed by atoms with Crippen LogP contribution in [-0.4, -0.2) is 29.1 Å². The van der Waals surface area contributed by atoms with Crippen LogP contribution in [0.2, 0.25) is 5.02 Å². The predicted molar refractivity (Wildman–Crippen MR) is 74.0 cm³/mol. The SMILES string of the molecule is CCC(C(=O)O)N(C)C(CC)c1cccc(Cl)c1. The third kappa shape index (κ3) is 3.47. The van der Waals surface area contributed by atoms with E-state index in [0.717, 1.165) is 12.0 Å². The number of halogens is 1. The van der Waals surface area contributed by atoms with Crippen LogP contribution in [0.4, 0.5) is 0 Å². The van der Waals surface area contributed by atoms with Crippen LogP contribution in [0.5, 0.6) is 0 Å². The van der Waals surface area contributed by atoms with Gasteiger partial charge in [0, 0.05) is 11.1 Å². The number of carboxylic acid groups (broad SMARTS) is 1. The first kappa shape index (κ1) is 15.0. The van der Waals surface area contributed by atoms with Crippen LogP contribution in [0.15, 0.2) is 24.3 Å². The number of carboxylic acids is 1. The molecule has 2 atom stereocenters. The monoisotopic (exact) mass is 269 g/mol. The van der Waals surface area contributed by atoms with Gasteiger partial charge in [-0.3, -0.25) is 9.69 Å². The first-order valence-corrected chi connectivity index (χ1v) is 6.59. The maximum absolute atomic E-state index is 11.2. The van der Waals surface area contributed by atoms with Crippen LogP contribution in [0.3, 0.4) is 0 Å². The van der Waals surface area contributed by atoms with Crippen LogP contribution in [0.25, 0.3) is 0 Å². The summed E-state index contributed by atoms with van der Waals surface area (Å²) in [6, 6.07) is 7.23. The molecular formula is C14H20ClNO2. The lowest BCUT2D eigenvalue weighted by molar-refractivity contribution is -0.143. The molecule has 0 bridgehead atoms. The smallest absolute Gasteiger partial charge is 0.320 e. The lowest BCUT2D eigenvalue weighted by atomic mass is 10.0. The van der Waals surface area contributed by atoms with Gasteiger partial charge in [-0.05, 0) is 37.6 Å². The molecule has 0 saturated carbocycles. The van der Waals surface area contributed by atoms with E-state index in [0.29, 0.717) is 11.4 Å². The summed E-state index contributed by atoms with van der Waals surface area (Å²) in [5.41, 5.74) is 1.06. The van der Waals surface area contributed by atoms with Crippen molar-refractivity contribution in [3.63, 3.8) is 0 Å². The van der Waals surface area contributed by atoms with Crippen LogP contribution >= 0.6 is 11.6 Å². The number of rotatable bonds is 6. The highest BCUT2D eigenvalue weighted by Gasteiger charge is 2.26. The van der Waals surface area contributed by atoms with Crippen molar-refractivity contribution in [1.82, 2.24) is 4.90 Å². The van der Waals surface area contributed by atoms with Gasteiger partial charge in [-0.2, -0.15) is 0 Å². The van der Waals surface area contributed by atoms with E-state index in [1.54, 1.807) is 0 Å². The minimum Gasteiger partial charge on any atom is -0.480 e. The Morgan fingerprint density at radius 1 is 1.39 bits per heavy atom. The van der Waals surface area contributed by atoms with E-state index in [-0.39, 0.29) is 6.04 Å². The van der Waals surface area contributed by atoms with Crippen molar-refractivity contribution in [2.75, 3.05) is 7.05 Å². The average molecular weight is 270 g/mol. The molecule has 4 heteroatoms. The van der Waals surface area contributed by atoms with Crippen LogP contribution < -0.4 is 0 Å². The molecule has 0 aromatic heterocycles. The van der Waals surface area contributed by atoms with Crippen molar-refractivity contribution in [3.05, 3.63) is 34.9 Å². The molecule has 0 aliphatic rings. The Labute approximate surface area is 113 Å². The fourth-order valence-electron chi connectivity index (χ4n) is 2.33. The number of likely N-dealkylation sites (N-methyl/N-ethyl adjacent to an activating group) is 1. The number of benzene rings is 1. The number of hydrogen-bond donors (Lipinski definition) is 1. The van der Waals surface area contributed by atoms with Gasteiger partial charge in [0.15, 0.2) is 0 Å². The maximum Gasteiger partial charge on any atom is 0.320 e. The van der Waals surface area contributed by atoms with E-state index in [1.807, 2.05) is 43.1 Å². The first-order valence-electron chi connectivity index (χ1n) is 6.21. The standard InChI is InChI=1S/C14H20ClNO2/c1-4-12(10-7-6-8-11(15)9-10)16(3)13(5-2)14(17)18/h6-9,12-13H,4-5H2,1-3H3,(H,17,18). The van der Waals surface area contributed by atoms with Gasteiger partial charge >= 0.3 is 5.97 Å². The third-order valence-electron chi connectivity index (χ3n) is 3.28. The quantitative estimate of drug-likeness (QED) is 0.858. The van der Waals surface area contributed by atoms with Crippen molar-refractivity contribution in [2.24, 2.45) is 0 Å². The summed E-state index contributed by atoms with van der Waals surface area (Å²) in [5.74, 6) is -0.777. The van der Waals surface area contributed by atoms with Gasteiger partial charge in [0.2, 0.25) is 0 Å². The Hall–Kier alpha value is -1.06. The lowest BCUT2D eigenvalue weighted by Crippen LogP contribution is -2.40. The molecule has 0 aliphatic carbocycles. The minimum atomic E-state index is -0.777. The summed E-state index contributed by atoms with van der Waals surface area (Å²) in [6.45, 7) is 3.94. The number of carbonyl (C=O) groups is 1. The summed E-state index contributed by atoms with van der Waals surface area (Å²) < 4.78 is 0. The van der Waals surface area contributed by atoms with Gasteiger partial charge in [-0.25, -0.2) is 0 Å². The van der Waals surface area contributed by atoms with Gasteiger partial charge in [0.1, 0.15) is 6.04 Å². The molecule has 1 N–H and O–H groups in total. The topological polar surface area (TPSA) is 40.5 Å². The second-order valence-electron chi connectivity index (χ2n) is 4.41. The molecule has 0 spiro atoms. The second-order valence-corrected chi connectivity index (χ2v) is 4.84. The van der Waals surface area contributed by atoms with E-state index >= 15 is 0 Å². The summed E-state index contributed by atoms with van der Waals surface area (Å²) in [6.07, 6.45) is 1.43. The van der Waals surface area contributed by atoms with Gasteiger partial charge in [0.25, 0.3) is 0 Å². The predicted octanol–water partition coefficient (Wildman–Crippen LogP) is 3.59. The normalized spacial score (nSPS) is 14.5. The van der Waals surface area contributed by atoms with Crippen molar-refractivity contribution in [2.45, 2.75) is 38.8 Å². The molecule has 0 heterocycles. The van der Waals surface area contributed by atoms with Gasteiger partial charge in [-0.1, -0.05) is 37.6 Å². The van der Waals surface area contributed by atoms with E-state index in [9.17, 15) is 9.90 Å². The van der Waals surface area contributed by atoms with Crippen LogP contribution in [-0.2, 0) is 4.79 Å². The fourth-order valence-corrected chi connectivity index (χ4v) is 2.53. The molecule has 0 amide bonds. The van der Waals surface area contributed by atoms with Crippen molar-refractivity contribution in [1.29, 1.82) is 0 Å². The zero-order chi connectivity index (χ0) is 13.7. The molecule has 0 radical (unpaired) electrons. The van der Waals surface area contributed by atoms with Crippen LogP contribution in [0, 0.1) is 0 Å². The Morgan fingerprint density at radius 2 is 2.06 bits per heavy atom. The molecule has 0 fully saturated rings. The van der Waals surface area contributed by atoms with Crippen LogP contribution in [0.1, 0.15) is 38.3 Å². The Kier molecular flexibility index (Phi) is 5.63. The van der Waals surface area contributed by atoms with Crippen molar-refractivity contribution in [3.8, 4) is 0 Å². The number of aliphatic carboxylic acids is 1. The molecule has 0 saturated heterocycles. The van der Waals surface area contributed by atoms with Gasteiger partial charge < -0.3 is 5.11 Å². The summed E-state index contributed by atoms with van der Waals surface area (Å²) >= 11 is 5.99. The Balaban J connectivity index is 2.99. The number of hydrogen-bond acceptors (Lipinski definition) is 2. The van der Waals surface area contributed by atoms with E-state index in [2.05, 4.69) is 6.92 Å². The lowest BCUT2D eigenvalue weighted by Gasteiger charge is -2.32. The molecule has 1 aromatic rings. The average Bonchev–Trinajstić information content (AvgIpc) is 2.30. The first-order chi connectivity index (χ1) is 8.51. The van der Waals surface area contributed by atoms with E-state index in [1.165, 1.54) is 0 Å². The molecular weight excluding hydrogens is 250 g/mol. The largest absolute Gasteiger partial charge is 0.480 e. The summed E-state index contributed by atoms with van der Waals surface area (Å²) in [4.78, 5) is 13.1. The zero-order valence-corrected chi connectivity index (χ0v) is 11.8. The van der Waals surface area contributed by atoms with Gasteiger partial charge in [-0.15, -0.1) is 0 Å². The van der Waals surface area contributed by atoms with Gasteiger partial charge in [0.05, 0.1) is 0 Å². The fraction of sp³-hybridized carbons (Fsp3) is 0.500. The third-order valence-corrected chi connectivity index (χ3v) is 3.51. The highest BCUT2D eigenvalue weighted by atomic mass is 35.5. The minimum absolute atomic E-state index is 0.0738. The Morgan fingerprint density at radius 3 is 2.50 bits per heavy atom. The highest BCUT2D eigenvalue weighted by molar-refractivity contribution is 6.30. The molecule has 1 aromatic carbocycles. The molecule has 3 nitrogen and oxygen atoms in total. The van der Waals surface area contributed by atoms with Crippen molar-refractivity contribution < 1.29 is 9.90 Å². The summed E-state index contributed by atoms with van der Waals surface area (Å²) in [7, 11) is 1.86. The molecule has 100 valence electrons. The zero-order valence-electron chi connectivity index (χ0n) is 11.1. The van der Waals surface area contributed by atoms with E-state index in [4.69, 9.17) is 11.6 Å². The second kappa shape index (κ2) is 6.76. The number of nitrogens with zero attached hydrogens (tertiary/aromatic N) is 1. The molecule has 0 aliphatic heterocycles.